The predicted molar refractivity (Wildman–Crippen MR) is 110 cm³/mol. The summed E-state index contributed by atoms with van der Waals surface area (Å²) in [6, 6.07) is 8.40. The number of carbonyl (C=O) groups excluding carboxylic acids is 1. The Bertz CT molecular complexity index is 951. The highest BCUT2D eigenvalue weighted by Crippen LogP contribution is 2.28. The number of hydrogen-bond acceptors (Lipinski definition) is 4. The molecular formula is C19H23BrN2O4S. The summed E-state index contributed by atoms with van der Waals surface area (Å²) in [7, 11) is -0.937. The summed E-state index contributed by atoms with van der Waals surface area (Å²) in [5.41, 5.74) is 3.69. The first-order valence-electron chi connectivity index (χ1n) is 8.24. The third-order valence-electron chi connectivity index (χ3n) is 4.14. The van der Waals surface area contributed by atoms with Gasteiger partial charge in [0.2, 0.25) is 15.9 Å². The van der Waals surface area contributed by atoms with Gasteiger partial charge in [0, 0.05) is 12.7 Å². The van der Waals surface area contributed by atoms with E-state index in [2.05, 4.69) is 21.2 Å². The van der Waals surface area contributed by atoms with Crippen molar-refractivity contribution in [1.29, 1.82) is 0 Å². The molecule has 0 aliphatic carbocycles. The van der Waals surface area contributed by atoms with Crippen LogP contribution in [0.2, 0.25) is 0 Å². The van der Waals surface area contributed by atoms with Gasteiger partial charge in [-0.1, -0.05) is 17.7 Å². The molecule has 2 aromatic rings. The van der Waals surface area contributed by atoms with Crippen LogP contribution >= 0.6 is 15.9 Å². The minimum absolute atomic E-state index is 0.0770. The molecule has 1 N–H and O–H groups in total. The fourth-order valence-electron chi connectivity index (χ4n) is 2.83. The monoisotopic (exact) mass is 454 g/mol. The lowest BCUT2D eigenvalue weighted by molar-refractivity contribution is -0.116. The Morgan fingerprint density at radius 2 is 1.74 bits per heavy atom. The molecule has 0 radical (unpaired) electrons. The number of amides is 1. The Hall–Kier alpha value is -1.90. The number of rotatable bonds is 6. The summed E-state index contributed by atoms with van der Waals surface area (Å²) in [4.78, 5) is 12.5. The molecule has 0 aliphatic heterocycles. The van der Waals surface area contributed by atoms with Crippen molar-refractivity contribution in [3.63, 3.8) is 0 Å². The fourth-order valence-corrected chi connectivity index (χ4v) is 4.68. The predicted octanol–water partition coefficient (Wildman–Crippen LogP) is 3.64. The van der Waals surface area contributed by atoms with E-state index < -0.39 is 15.9 Å². The van der Waals surface area contributed by atoms with Crippen LogP contribution in [-0.4, -0.2) is 39.3 Å². The molecule has 0 unspecified atom stereocenters. The Morgan fingerprint density at radius 1 is 1.15 bits per heavy atom. The van der Waals surface area contributed by atoms with Crippen LogP contribution in [0.3, 0.4) is 0 Å². The van der Waals surface area contributed by atoms with Crippen molar-refractivity contribution in [2.75, 3.05) is 26.0 Å². The number of ether oxygens (including phenoxy) is 1. The number of benzene rings is 2. The first-order chi connectivity index (χ1) is 12.6. The van der Waals surface area contributed by atoms with Crippen LogP contribution in [0.25, 0.3) is 0 Å². The topological polar surface area (TPSA) is 75.7 Å². The van der Waals surface area contributed by atoms with Crippen LogP contribution in [0.15, 0.2) is 39.7 Å². The Kier molecular flexibility index (Phi) is 6.67. The number of sulfonamides is 1. The minimum atomic E-state index is -3.81. The van der Waals surface area contributed by atoms with Crippen molar-refractivity contribution in [3.8, 4) is 5.75 Å². The maximum Gasteiger partial charge on any atom is 0.243 e. The standard InChI is InChI=1S/C19H23BrN2O4S/c1-12-8-13(2)19(14(3)9-12)21-18(23)11-22(4)27(24,25)15-6-7-17(26-5)16(20)10-15/h6-10H,11H2,1-5H3,(H,21,23). The van der Waals surface area contributed by atoms with Crippen molar-refractivity contribution in [3.05, 3.63) is 51.5 Å². The van der Waals surface area contributed by atoms with Gasteiger partial charge in [0.15, 0.2) is 0 Å². The molecule has 8 heteroatoms. The molecule has 0 aromatic heterocycles. The average Bonchev–Trinajstić information content (AvgIpc) is 2.57. The molecular weight excluding hydrogens is 432 g/mol. The van der Waals surface area contributed by atoms with Crippen molar-refractivity contribution in [2.45, 2.75) is 25.7 Å². The fraction of sp³-hybridized carbons (Fsp3) is 0.316. The number of nitrogens with one attached hydrogen (secondary N) is 1. The highest BCUT2D eigenvalue weighted by Gasteiger charge is 2.24. The number of methoxy groups -OCH3 is 1. The van der Waals surface area contributed by atoms with Gasteiger partial charge in [-0.25, -0.2) is 8.42 Å². The molecule has 2 aromatic carbocycles. The molecule has 1 amide bonds. The van der Waals surface area contributed by atoms with E-state index in [-0.39, 0.29) is 11.4 Å². The summed E-state index contributed by atoms with van der Waals surface area (Å²) in [6.45, 7) is 5.51. The molecule has 0 fully saturated rings. The van der Waals surface area contributed by atoms with E-state index in [0.717, 1.165) is 21.0 Å². The number of halogens is 1. The molecule has 27 heavy (non-hydrogen) atoms. The number of hydrogen-bond donors (Lipinski definition) is 1. The quantitative estimate of drug-likeness (QED) is 0.722. The second-order valence-corrected chi connectivity index (χ2v) is 9.28. The minimum Gasteiger partial charge on any atom is -0.496 e. The zero-order valence-corrected chi connectivity index (χ0v) is 18.4. The molecule has 146 valence electrons. The van der Waals surface area contributed by atoms with Gasteiger partial charge in [-0.05, 0) is 66.0 Å². The normalized spacial score (nSPS) is 11.5. The van der Waals surface area contributed by atoms with Gasteiger partial charge < -0.3 is 10.1 Å². The van der Waals surface area contributed by atoms with E-state index in [1.807, 2.05) is 32.9 Å². The molecule has 0 saturated heterocycles. The van der Waals surface area contributed by atoms with Gasteiger partial charge in [0.25, 0.3) is 0 Å². The van der Waals surface area contributed by atoms with Crippen LogP contribution < -0.4 is 10.1 Å². The Balaban J connectivity index is 2.17. The Labute approximate surface area is 168 Å². The van der Waals surface area contributed by atoms with Crippen LogP contribution in [0.1, 0.15) is 16.7 Å². The zero-order chi connectivity index (χ0) is 20.4. The van der Waals surface area contributed by atoms with E-state index in [0.29, 0.717) is 15.9 Å². The van der Waals surface area contributed by atoms with E-state index in [1.165, 1.54) is 26.3 Å². The molecule has 0 aliphatic rings. The summed E-state index contributed by atoms with van der Waals surface area (Å²) in [6.07, 6.45) is 0. The largest absolute Gasteiger partial charge is 0.496 e. The molecule has 0 heterocycles. The smallest absolute Gasteiger partial charge is 0.243 e. The van der Waals surface area contributed by atoms with Crippen LogP contribution in [0.5, 0.6) is 5.75 Å². The summed E-state index contributed by atoms with van der Waals surface area (Å²) >= 11 is 3.28. The van der Waals surface area contributed by atoms with E-state index >= 15 is 0 Å². The second-order valence-electron chi connectivity index (χ2n) is 6.38. The van der Waals surface area contributed by atoms with Gasteiger partial charge in [-0.15, -0.1) is 0 Å². The molecule has 0 saturated carbocycles. The molecule has 0 atom stereocenters. The van der Waals surface area contributed by atoms with Crippen LogP contribution in [0, 0.1) is 20.8 Å². The lowest BCUT2D eigenvalue weighted by Crippen LogP contribution is -2.35. The molecule has 0 bridgehead atoms. The van der Waals surface area contributed by atoms with Crippen molar-refractivity contribution < 1.29 is 17.9 Å². The van der Waals surface area contributed by atoms with Gasteiger partial charge >= 0.3 is 0 Å². The summed E-state index contributed by atoms with van der Waals surface area (Å²) < 4.78 is 32.1. The highest BCUT2D eigenvalue weighted by atomic mass is 79.9. The van der Waals surface area contributed by atoms with Crippen LogP contribution in [0.4, 0.5) is 5.69 Å². The van der Waals surface area contributed by atoms with E-state index in [4.69, 9.17) is 4.74 Å². The maximum absolute atomic E-state index is 12.7. The SMILES string of the molecule is COc1ccc(S(=O)(=O)N(C)CC(=O)Nc2c(C)cc(C)cc2C)cc1Br. The highest BCUT2D eigenvalue weighted by molar-refractivity contribution is 9.10. The van der Waals surface area contributed by atoms with Crippen LogP contribution in [-0.2, 0) is 14.8 Å². The second kappa shape index (κ2) is 8.41. The third-order valence-corrected chi connectivity index (χ3v) is 6.56. The van der Waals surface area contributed by atoms with E-state index in [9.17, 15) is 13.2 Å². The number of aryl methyl sites for hydroxylation is 3. The molecule has 0 spiro atoms. The Morgan fingerprint density at radius 3 is 2.26 bits per heavy atom. The number of likely N-dealkylation sites (N-methyl/N-ethyl adjacent to an activating group) is 1. The summed E-state index contributed by atoms with van der Waals surface area (Å²) in [5, 5.41) is 2.82. The third kappa shape index (κ3) is 4.88. The number of anilines is 1. The van der Waals surface area contributed by atoms with Gasteiger partial charge in [-0.2, -0.15) is 4.31 Å². The van der Waals surface area contributed by atoms with E-state index in [1.54, 1.807) is 6.07 Å². The van der Waals surface area contributed by atoms with Gasteiger partial charge in [0.05, 0.1) is 23.0 Å². The lowest BCUT2D eigenvalue weighted by Gasteiger charge is -2.19. The molecule has 6 nitrogen and oxygen atoms in total. The zero-order valence-electron chi connectivity index (χ0n) is 16.0. The van der Waals surface area contributed by atoms with Crippen molar-refractivity contribution in [2.24, 2.45) is 0 Å². The number of carbonyl (C=O) groups is 1. The first-order valence-corrected chi connectivity index (χ1v) is 10.5. The lowest BCUT2D eigenvalue weighted by atomic mass is 10.1. The van der Waals surface area contributed by atoms with Gasteiger partial charge in [0.1, 0.15) is 5.75 Å². The maximum atomic E-state index is 12.7. The molecule has 2 rings (SSSR count). The van der Waals surface area contributed by atoms with Crippen molar-refractivity contribution in [1.82, 2.24) is 4.31 Å². The van der Waals surface area contributed by atoms with Gasteiger partial charge in [-0.3, -0.25) is 4.79 Å². The first kappa shape index (κ1) is 21.4. The summed E-state index contributed by atoms with van der Waals surface area (Å²) in [5.74, 6) is 0.128. The van der Waals surface area contributed by atoms with Crippen molar-refractivity contribution >= 4 is 37.5 Å². The average molecular weight is 455 g/mol. The number of nitrogens with zero attached hydrogens (tertiary/aromatic N) is 1.